The fraction of sp³-hybridized carbons (Fsp3) is 0.200. The molecule has 0 unspecified atom stereocenters. The first-order valence-corrected chi connectivity index (χ1v) is 6.02. The van der Waals surface area contributed by atoms with Crippen LogP contribution >= 0.6 is 0 Å². The summed E-state index contributed by atoms with van der Waals surface area (Å²) in [5.74, 6) is 0.520. The third-order valence-corrected chi connectivity index (χ3v) is 2.95. The summed E-state index contributed by atoms with van der Waals surface area (Å²) in [4.78, 5) is 0. The van der Waals surface area contributed by atoms with Crippen molar-refractivity contribution in [3.63, 3.8) is 0 Å². The average Bonchev–Trinajstić information content (AvgIpc) is 2.41. The van der Waals surface area contributed by atoms with Gasteiger partial charge in [-0.2, -0.15) is 0 Å². The van der Waals surface area contributed by atoms with Crippen LogP contribution in [-0.2, 0) is 6.54 Å². The number of hydrogen-bond donors (Lipinski definition) is 2. The van der Waals surface area contributed by atoms with Gasteiger partial charge in [0.1, 0.15) is 11.6 Å². The van der Waals surface area contributed by atoms with Crippen LogP contribution in [0.4, 0.5) is 15.8 Å². The molecular formula is C15H17FN2O. The van der Waals surface area contributed by atoms with Crippen LogP contribution < -0.4 is 15.8 Å². The van der Waals surface area contributed by atoms with Crippen molar-refractivity contribution >= 4 is 11.4 Å². The predicted octanol–water partition coefficient (Wildman–Crippen LogP) is 3.34. The molecule has 0 aromatic heterocycles. The normalized spacial score (nSPS) is 10.3. The monoisotopic (exact) mass is 260 g/mol. The van der Waals surface area contributed by atoms with Crippen molar-refractivity contribution in [3.8, 4) is 5.75 Å². The van der Waals surface area contributed by atoms with E-state index >= 15 is 0 Å². The van der Waals surface area contributed by atoms with Gasteiger partial charge < -0.3 is 15.8 Å². The highest BCUT2D eigenvalue weighted by Crippen LogP contribution is 2.23. The second-order valence-corrected chi connectivity index (χ2v) is 4.39. The van der Waals surface area contributed by atoms with Gasteiger partial charge in [-0.1, -0.05) is 12.1 Å². The molecule has 0 atom stereocenters. The molecular weight excluding hydrogens is 243 g/mol. The summed E-state index contributed by atoms with van der Waals surface area (Å²) in [5.41, 5.74) is 8.57. The number of nitrogen functional groups attached to an aromatic ring is 1. The van der Waals surface area contributed by atoms with Gasteiger partial charge in [0.15, 0.2) is 0 Å². The molecule has 100 valence electrons. The summed E-state index contributed by atoms with van der Waals surface area (Å²) < 4.78 is 18.5. The number of ether oxygens (including phenoxy) is 1. The lowest BCUT2D eigenvalue weighted by molar-refractivity contribution is 0.414. The molecule has 0 saturated heterocycles. The van der Waals surface area contributed by atoms with Crippen LogP contribution in [0.25, 0.3) is 0 Å². The van der Waals surface area contributed by atoms with E-state index in [1.54, 1.807) is 20.1 Å². The largest absolute Gasteiger partial charge is 0.497 e. The quantitative estimate of drug-likeness (QED) is 0.829. The Morgan fingerprint density at radius 3 is 2.79 bits per heavy atom. The first kappa shape index (κ1) is 13.2. The fourth-order valence-electron chi connectivity index (χ4n) is 1.83. The van der Waals surface area contributed by atoms with Crippen LogP contribution in [0, 0.1) is 12.7 Å². The Hall–Kier alpha value is -2.23. The van der Waals surface area contributed by atoms with Crippen molar-refractivity contribution in [2.75, 3.05) is 18.2 Å². The van der Waals surface area contributed by atoms with E-state index in [9.17, 15) is 4.39 Å². The van der Waals surface area contributed by atoms with E-state index in [0.29, 0.717) is 17.8 Å². The van der Waals surface area contributed by atoms with Gasteiger partial charge in [-0.05, 0) is 42.3 Å². The smallest absolute Gasteiger partial charge is 0.128 e. The molecule has 0 heterocycles. The maximum Gasteiger partial charge on any atom is 0.128 e. The zero-order chi connectivity index (χ0) is 13.8. The highest BCUT2D eigenvalue weighted by molar-refractivity contribution is 5.67. The fourth-order valence-corrected chi connectivity index (χ4v) is 1.83. The van der Waals surface area contributed by atoms with Gasteiger partial charge in [0, 0.05) is 6.54 Å². The lowest BCUT2D eigenvalue weighted by atomic mass is 10.1. The molecule has 0 aliphatic heterocycles. The minimum atomic E-state index is -0.288. The van der Waals surface area contributed by atoms with Crippen LogP contribution in [0.15, 0.2) is 36.4 Å². The number of aryl methyl sites for hydroxylation is 1. The molecule has 3 N–H and O–H groups in total. The molecule has 0 aliphatic carbocycles. The van der Waals surface area contributed by atoms with Crippen molar-refractivity contribution in [3.05, 3.63) is 53.3 Å². The summed E-state index contributed by atoms with van der Waals surface area (Å²) in [5, 5.41) is 3.20. The van der Waals surface area contributed by atoms with E-state index in [-0.39, 0.29) is 5.82 Å². The Bertz CT molecular complexity index is 584. The molecule has 0 amide bonds. The van der Waals surface area contributed by atoms with E-state index < -0.39 is 0 Å². The summed E-state index contributed by atoms with van der Waals surface area (Å²) in [7, 11) is 1.63. The van der Waals surface area contributed by atoms with E-state index in [2.05, 4.69) is 5.32 Å². The third kappa shape index (κ3) is 3.16. The Balaban J connectivity index is 2.12. The molecule has 19 heavy (non-hydrogen) atoms. The van der Waals surface area contributed by atoms with Gasteiger partial charge in [-0.3, -0.25) is 0 Å². The van der Waals surface area contributed by atoms with Gasteiger partial charge >= 0.3 is 0 Å². The Labute approximate surface area is 112 Å². The van der Waals surface area contributed by atoms with Crippen molar-refractivity contribution in [2.24, 2.45) is 0 Å². The SMILES string of the molecule is COc1cccc(CNc2cc(C)c(F)cc2N)c1. The van der Waals surface area contributed by atoms with E-state index in [0.717, 1.165) is 17.0 Å². The zero-order valence-corrected chi connectivity index (χ0v) is 11.0. The molecule has 4 heteroatoms. The maximum atomic E-state index is 13.3. The number of rotatable bonds is 4. The summed E-state index contributed by atoms with van der Waals surface area (Å²) in [6.07, 6.45) is 0. The van der Waals surface area contributed by atoms with Crippen LogP contribution in [-0.4, -0.2) is 7.11 Å². The highest BCUT2D eigenvalue weighted by atomic mass is 19.1. The number of hydrogen-bond acceptors (Lipinski definition) is 3. The molecule has 0 spiro atoms. The van der Waals surface area contributed by atoms with Gasteiger partial charge in [0.2, 0.25) is 0 Å². The van der Waals surface area contributed by atoms with Crippen molar-refractivity contribution in [2.45, 2.75) is 13.5 Å². The molecule has 0 aliphatic rings. The number of anilines is 2. The Morgan fingerprint density at radius 2 is 2.05 bits per heavy atom. The first-order chi connectivity index (χ1) is 9.10. The Morgan fingerprint density at radius 1 is 1.26 bits per heavy atom. The van der Waals surface area contributed by atoms with Gasteiger partial charge in [0.25, 0.3) is 0 Å². The van der Waals surface area contributed by atoms with Gasteiger partial charge in [-0.25, -0.2) is 4.39 Å². The van der Waals surface area contributed by atoms with Crippen LogP contribution in [0.1, 0.15) is 11.1 Å². The second kappa shape index (κ2) is 5.61. The molecule has 0 saturated carbocycles. The lowest BCUT2D eigenvalue weighted by Gasteiger charge is -2.11. The van der Waals surface area contributed by atoms with Crippen molar-refractivity contribution in [1.29, 1.82) is 0 Å². The molecule has 3 nitrogen and oxygen atoms in total. The summed E-state index contributed by atoms with van der Waals surface area (Å²) >= 11 is 0. The predicted molar refractivity (Wildman–Crippen MR) is 75.9 cm³/mol. The van der Waals surface area contributed by atoms with Gasteiger partial charge in [-0.15, -0.1) is 0 Å². The number of methoxy groups -OCH3 is 1. The molecule has 0 fully saturated rings. The second-order valence-electron chi connectivity index (χ2n) is 4.39. The number of halogens is 1. The minimum Gasteiger partial charge on any atom is -0.497 e. The molecule has 0 bridgehead atoms. The number of nitrogens with one attached hydrogen (secondary N) is 1. The van der Waals surface area contributed by atoms with Crippen molar-refractivity contribution < 1.29 is 9.13 Å². The van der Waals surface area contributed by atoms with Crippen LogP contribution in [0.2, 0.25) is 0 Å². The summed E-state index contributed by atoms with van der Waals surface area (Å²) in [6.45, 7) is 2.32. The number of benzene rings is 2. The Kier molecular flexibility index (Phi) is 3.90. The van der Waals surface area contributed by atoms with E-state index in [1.807, 2.05) is 24.3 Å². The average molecular weight is 260 g/mol. The highest BCUT2D eigenvalue weighted by Gasteiger charge is 2.04. The third-order valence-electron chi connectivity index (χ3n) is 2.95. The topological polar surface area (TPSA) is 47.3 Å². The molecule has 2 rings (SSSR count). The zero-order valence-electron chi connectivity index (χ0n) is 11.0. The number of nitrogens with two attached hydrogens (primary N) is 1. The molecule has 2 aromatic rings. The molecule has 0 radical (unpaired) electrons. The van der Waals surface area contributed by atoms with Crippen molar-refractivity contribution in [1.82, 2.24) is 0 Å². The summed E-state index contributed by atoms with van der Waals surface area (Å²) in [6, 6.07) is 10.8. The van der Waals surface area contributed by atoms with Crippen LogP contribution in [0.3, 0.4) is 0 Å². The van der Waals surface area contributed by atoms with Crippen LogP contribution in [0.5, 0.6) is 5.75 Å². The minimum absolute atomic E-state index is 0.288. The van der Waals surface area contributed by atoms with E-state index in [1.165, 1.54) is 6.07 Å². The lowest BCUT2D eigenvalue weighted by Crippen LogP contribution is -2.04. The molecule has 2 aromatic carbocycles. The van der Waals surface area contributed by atoms with E-state index in [4.69, 9.17) is 10.5 Å². The van der Waals surface area contributed by atoms with Gasteiger partial charge in [0.05, 0.1) is 18.5 Å². The first-order valence-electron chi connectivity index (χ1n) is 6.02. The maximum absolute atomic E-state index is 13.3. The standard InChI is InChI=1S/C15H17FN2O/c1-10-6-15(14(17)8-13(10)16)18-9-11-4-3-5-12(7-11)19-2/h3-8,18H,9,17H2,1-2H3.